The van der Waals surface area contributed by atoms with Gasteiger partial charge < -0.3 is 14.2 Å². The van der Waals surface area contributed by atoms with E-state index < -0.39 is 5.97 Å². The fourth-order valence-corrected chi connectivity index (χ4v) is 2.72. The first kappa shape index (κ1) is 16.4. The van der Waals surface area contributed by atoms with Crippen molar-refractivity contribution in [3.63, 3.8) is 0 Å². The normalized spacial score (nSPS) is 15.8. The molecule has 0 N–H and O–H groups in total. The Morgan fingerprint density at radius 1 is 1.08 bits per heavy atom. The predicted octanol–water partition coefficient (Wildman–Crippen LogP) is 2.81. The number of para-hydroxylation sites is 2. The van der Waals surface area contributed by atoms with Gasteiger partial charge in [-0.2, -0.15) is 0 Å². The molecule has 2 aliphatic rings. The van der Waals surface area contributed by atoms with Crippen molar-refractivity contribution >= 4 is 17.6 Å². The molecule has 1 aliphatic heterocycles. The summed E-state index contributed by atoms with van der Waals surface area (Å²) < 4.78 is 16.4. The molecule has 1 saturated carbocycles. The van der Waals surface area contributed by atoms with Gasteiger partial charge >= 0.3 is 5.97 Å². The number of esters is 1. The molecule has 2 aromatic rings. The lowest BCUT2D eigenvalue weighted by atomic mass is 10.2. The molecule has 0 saturated heterocycles. The highest BCUT2D eigenvalue weighted by atomic mass is 16.5. The molecule has 0 aromatic heterocycles. The first-order chi connectivity index (χ1) is 12.7. The molecule has 1 fully saturated rings. The lowest BCUT2D eigenvalue weighted by molar-refractivity contribution is -0.134. The quantitative estimate of drug-likeness (QED) is 0.590. The summed E-state index contributed by atoms with van der Waals surface area (Å²) in [6.07, 6.45) is 2.47. The lowest BCUT2D eigenvalue weighted by Gasteiger charge is -2.28. The van der Waals surface area contributed by atoms with Crippen LogP contribution in [-0.2, 0) is 9.59 Å². The fraction of sp³-hybridized carbons (Fsp3) is 0.300. The monoisotopic (exact) mass is 353 g/mol. The molecule has 6 nitrogen and oxygen atoms in total. The Hall–Kier alpha value is -3.02. The minimum Gasteiger partial charge on any atom is -0.493 e. The van der Waals surface area contributed by atoms with Gasteiger partial charge in [0, 0.05) is 0 Å². The maximum absolute atomic E-state index is 12.3. The van der Waals surface area contributed by atoms with Crippen LogP contribution in [0.25, 0.3) is 0 Å². The second-order valence-corrected chi connectivity index (χ2v) is 6.44. The summed E-state index contributed by atoms with van der Waals surface area (Å²) in [6, 6.07) is 14.1. The summed E-state index contributed by atoms with van der Waals surface area (Å²) in [4.78, 5) is 25.7. The molecule has 0 bridgehead atoms. The van der Waals surface area contributed by atoms with Crippen molar-refractivity contribution < 1.29 is 23.8 Å². The molecule has 6 heteroatoms. The Morgan fingerprint density at radius 2 is 1.81 bits per heavy atom. The van der Waals surface area contributed by atoms with Gasteiger partial charge in [-0.1, -0.05) is 12.1 Å². The van der Waals surface area contributed by atoms with E-state index in [1.165, 1.54) is 17.7 Å². The molecule has 0 spiro atoms. The van der Waals surface area contributed by atoms with E-state index in [0.29, 0.717) is 23.1 Å². The van der Waals surface area contributed by atoms with Crippen molar-refractivity contribution in [3.05, 3.63) is 48.5 Å². The number of fused-ring (bicyclic) bond motifs is 1. The molecule has 26 heavy (non-hydrogen) atoms. The molecule has 0 unspecified atom stereocenters. The van der Waals surface area contributed by atoms with Crippen LogP contribution in [0.15, 0.2) is 48.5 Å². The zero-order valence-corrected chi connectivity index (χ0v) is 14.2. The molecule has 2 aromatic carbocycles. The summed E-state index contributed by atoms with van der Waals surface area (Å²) in [7, 11) is 0. The largest absolute Gasteiger partial charge is 0.493 e. The van der Waals surface area contributed by atoms with E-state index in [2.05, 4.69) is 0 Å². The van der Waals surface area contributed by atoms with E-state index >= 15 is 0 Å². The molecule has 1 amide bonds. The molecule has 4 rings (SSSR count). The lowest BCUT2D eigenvalue weighted by Crippen LogP contribution is -2.43. The SMILES string of the molecule is O=C(CN1C(=O)COc2ccccc21)Oc1ccc(OCC2CC2)cc1. The molecular formula is C20H19NO5. The van der Waals surface area contributed by atoms with Crippen molar-refractivity contribution in [3.8, 4) is 17.2 Å². The number of ether oxygens (including phenoxy) is 3. The molecule has 0 atom stereocenters. The minimum absolute atomic E-state index is 0.0860. The molecular weight excluding hydrogens is 334 g/mol. The summed E-state index contributed by atoms with van der Waals surface area (Å²) in [5, 5.41) is 0. The zero-order valence-electron chi connectivity index (χ0n) is 14.2. The first-order valence-corrected chi connectivity index (χ1v) is 8.65. The van der Waals surface area contributed by atoms with Crippen molar-refractivity contribution in [2.24, 2.45) is 5.92 Å². The van der Waals surface area contributed by atoms with Gasteiger partial charge in [0.1, 0.15) is 23.8 Å². The van der Waals surface area contributed by atoms with Crippen LogP contribution in [0.1, 0.15) is 12.8 Å². The van der Waals surface area contributed by atoms with E-state index in [4.69, 9.17) is 14.2 Å². The molecule has 1 aliphatic carbocycles. The third kappa shape index (κ3) is 3.79. The van der Waals surface area contributed by atoms with E-state index in [1.807, 2.05) is 6.07 Å². The third-order valence-electron chi connectivity index (χ3n) is 4.33. The number of hydrogen-bond donors (Lipinski definition) is 0. The number of rotatable bonds is 6. The second-order valence-electron chi connectivity index (χ2n) is 6.44. The Bertz CT molecular complexity index is 813. The zero-order chi connectivity index (χ0) is 17.9. The van der Waals surface area contributed by atoms with E-state index in [9.17, 15) is 9.59 Å². The highest BCUT2D eigenvalue weighted by Gasteiger charge is 2.27. The standard InChI is InChI=1S/C20H19NO5/c22-19-13-25-18-4-2-1-3-17(18)21(19)11-20(23)26-16-9-7-15(8-10-16)24-12-14-5-6-14/h1-4,7-10,14H,5-6,11-13H2. The van der Waals surface area contributed by atoms with Crippen LogP contribution in [-0.4, -0.2) is 31.6 Å². The van der Waals surface area contributed by atoms with Gasteiger partial charge in [0.15, 0.2) is 6.61 Å². The Labute approximate surface area is 151 Å². The first-order valence-electron chi connectivity index (χ1n) is 8.65. The van der Waals surface area contributed by atoms with Crippen LogP contribution >= 0.6 is 0 Å². The van der Waals surface area contributed by atoms with Gasteiger partial charge in [-0.25, -0.2) is 4.79 Å². The third-order valence-corrected chi connectivity index (χ3v) is 4.33. The number of carbonyl (C=O) groups is 2. The number of benzene rings is 2. The van der Waals surface area contributed by atoms with Crippen molar-refractivity contribution in [1.29, 1.82) is 0 Å². The van der Waals surface area contributed by atoms with E-state index in [-0.39, 0.29) is 19.1 Å². The van der Waals surface area contributed by atoms with Crippen LogP contribution in [0.5, 0.6) is 17.2 Å². The van der Waals surface area contributed by atoms with Gasteiger partial charge in [0.2, 0.25) is 0 Å². The van der Waals surface area contributed by atoms with Gasteiger partial charge in [-0.05, 0) is 55.2 Å². The highest BCUT2D eigenvalue weighted by molar-refractivity contribution is 6.01. The van der Waals surface area contributed by atoms with Gasteiger partial charge in [-0.15, -0.1) is 0 Å². The van der Waals surface area contributed by atoms with Crippen molar-refractivity contribution in [2.75, 3.05) is 24.7 Å². The Morgan fingerprint density at radius 3 is 2.58 bits per heavy atom. The topological polar surface area (TPSA) is 65.1 Å². The maximum Gasteiger partial charge on any atom is 0.331 e. The molecule has 1 heterocycles. The number of carbonyl (C=O) groups excluding carboxylic acids is 2. The summed E-state index contributed by atoms with van der Waals surface area (Å²) in [5.74, 6) is 1.65. The number of nitrogens with zero attached hydrogens (tertiary/aromatic N) is 1. The summed E-state index contributed by atoms with van der Waals surface area (Å²) in [5.41, 5.74) is 0.574. The maximum atomic E-state index is 12.3. The van der Waals surface area contributed by atoms with Crippen LogP contribution in [0, 0.1) is 5.92 Å². The average Bonchev–Trinajstić information content (AvgIpc) is 3.48. The van der Waals surface area contributed by atoms with E-state index in [1.54, 1.807) is 42.5 Å². The smallest absolute Gasteiger partial charge is 0.331 e. The summed E-state index contributed by atoms with van der Waals surface area (Å²) in [6.45, 7) is 0.480. The minimum atomic E-state index is -0.512. The molecule has 134 valence electrons. The number of amides is 1. The van der Waals surface area contributed by atoms with Crippen LogP contribution in [0.3, 0.4) is 0 Å². The van der Waals surface area contributed by atoms with Gasteiger partial charge in [0.05, 0.1) is 12.3 Å². The van der Waals surface area contributed by atoms with Crippen molar-refractivity contribution in [2.45, 2.75) is 12.8 Å². The van der Waals surface area contributed by atoms with Crippen LogP contribution in [0.4, 0.5) is 5.69 Å². The van der Waals surface area contributed by atoms with Gasteiger partial charge in [-0.3, -0.25) is 9.69 Å². The van der Waals surface area contributed by atoms with Crippen LogP contribution in [0.2, 0.25) is 0 Å². The Kier molecular flexibility index (Phi) is 4.48. The second kappa shape index (κ2) is 7.07. The summed E-state index contributed by atoms with van der Waals surface area (Å²) >= 11 is 0. The van der Waals surface area contributed by atoms with Crippen LogP contribution < -0.4 is 19.1 Å². The van der Waals surface area contributed by atoms with E-state index in [0.717, 1.165) is 12.4 Å². The number of anilines is 1. The molecule has 0 radical (unpaired) electrons. The van der Waals surface area contributed by atoms with Crippen molar-refractivity contribution in [1.82, 2.24) is 0 Å². The van der Waals surface area contributed by atoms with Gasteiger partial charge in [0.25, 0.3) is 5.91 Å². The number of hydrogen-bond acceptors (Lipinski definition) is 5. The Balaban J connectivity index is 1.37. The fourth-order valence-electron chi connectivity index (χ4n) is 2.72. The average molecular weight is 353 g/mol. The highest BCUT2D eigenvalue weighted by Crippen LogP contribution is 2.32. The predicted molar refractivity (Wildman–Crippen MR) is 94.6 cm³/mol.